The fourth-order valence-electron chi connectivity index (χ4n) is 2.35. The number of hydrogen-bond acceptors (Lipinski definition) is 5. The van der Waals surface area contributed by atoms with Gasteiger partial charge in [0.15, 0.2) is 11.5 Å². The first-order chi connectivity index (χ1) is 10.2. The zero-order valence-corrected chi connectivity index (χ0v) is 10.1. The van der Waals surface area contributed by atoms with Gasteiger partial charge in [-0.1, -0.05) is 0 Å². The fraction of sp³-hybridized carbons (Fsp3) is 0.500. The van der Waals surface area contributed by atoms with Crippen LogP contribution in [0.5, 0.6) is 0 Å². The molecule has 0 aliphatic heterocycles. The van der Waals surface area contributed by atoms with Crippen molar-refractivity contribution in [2.24, 2.45) is 11.3 Å². The topological polar surface area (TPSA) is 110 Å². The molecule has 0 bridgehead atoms. The minimum absolute atomic E-state index is 0.0223. The Bertz CT molecular complexity index is 657. The lowest BCUT2D eigenvalue weighted by atomic mass is 10.2. The molecule has 3 rings (SSSR count). The summed E-state index contributed by atoms with van der Waals surface area (Å²) in [6, 6.07) is 1.29. The average Bonchev–Trinajstić information content (AvgIpc) is 3.28. The van der Waals surface area contributed by atoms with Crippen LogP contribution in [-0.2, 0) is 4.79 Å². The summed E-state index contributed by atoms with van der Waals surface area (Å²) in [6.07, 6.45) is 3.08. The molecule has 0 unspecified atom stereocenters. The maximum atomic E-state index is 12.0. The van der Waals surface area contributed by atoms with Gasteiger partial charge in [-0.3, -0.25) is 9.59 Å². The molecule has 4 N–H and O–H groups in total. The largest absolute Gasteiger partial charge is 0.397 e. The lowest BCUT2D eigenvalue weighted by Gasteiger charge is -2.06. The Kier molecular flexibility index (Phi) is 1.82. The van der Waals surface area contributed by atoms with Crippen molar-refractivity contribution in [1.82, 2.24) is 15.5 Å². The van der Waals surface area contributed by atoms with E-state index in [9.17, 15) is 9.59 Å². The van der Waals surface area contributed by atoms with E-state index < -0.39 is 12.9 Å². The normalized spacial score (nSPS) is 24.8. The first-order valence-corrected chi connectivity index (χ1v) is 5.97. The van der Waals surface area contributed by atoms with Crippen LogP contribution in [0.25, 0.3) is 0 Å². The summed E-state index contributed by atoms with van der Waals surface area (Å²) >= 11 is 0. The Morgan fingerprint density at radius 3 is 2.89 bits per heavy atom. The Hall–Kier alpha value is -2.18. The molecule has 1 heterocycles. The maximum absolute atomic E-state index is 12.0. The molecule has 1 atom stereocenters. The van der Waals surface area contributed by atoms with E-state index in [0.717, 1.165) is 19.3 Å². The van der Waals surface area contributed by atoms with E-state index in [0.29, 0.717) is 0 Å². The van der Waals surface area contributed by atoms with E-state index in [2.05, 4.69) is 15.5 Å². The third kappa shape index (κ3) is 2.00. The van der Waals surface area contributed by atoms with Gasteiger partial charge in [0.05, 0.1) is 5.69 Å². The van der Waals surface area contributed by atoms with Gasteiger partial charge >= 0.3 is 0 Å². The summed E-state index contributed by atoms with van der Waals surface area (Å²) in [7, 11) is 0. The van der Waals surface area contributed by atoms with Gasteiger partial charge in [-0.25, -0.2) is 0 Å². The first-order valence-electron chi connectivity index (χ1n) is 7.47. The zero-order valence-electron chi connectivity index (χ0n) is 13.1. The molecule has 2 saturated carbocycles. The molecule has 1 aromatic heterocycles. The van der Waals surface area contributed by atoms with Gasteiger partial charge in [0.2, 0.25) is 5.91 Å². The molecule has 0 aromatic carbocycles. The summed E-state index contributed by atoms with van der Waals surface area (Å²) in [5.74, 6) is -0.891. The van der Waals surface area contributed by atoms with Gasteiger partial charge in [0.1, 0.15) is 0 Å². The van der Waals surface area contributed by atoms with Crippen molar-refractivity contribution in [1.29, 1.82) is 0 Å². The van der Waals surface area contributed by atoms with Gasteiger partial charge in [0.25, 0.3) is 5.91 Å². The molecule has 0 saturated heterocycles. The van der Waals surface area contributed by atoms with Crippen LogP contribution in [0.1, 0.15) is 33.9 Å². The number of carbonyl (C=O) groups is 2. The predicted molar refractivity (Wildman–Crippen MR) is 68.2 cm³/mol. The molecule has 7 heteroatoms. The van der Waals surface area contributed by atoms with Crippen molar-refractivity contribution in [3.05, 3.63) is 11.8 Å². The average molecular weight is 264 g/mol. The Morgan fingerprint density at radius 1 is 1.53 bits per heavy atom. The van der Waals surface area contributed by atoms with Crippen LogP contribution < -0.4 is 16.4 Å². The number of nitrogens with one attached hydrogen (secondary N) is 2. The van der Waals surface area contributed by atoms with Crippen LogP contribution in [0.2, 0.25) is 0 Å². The second-order valence-corrected chi connectivity index (χ2v) is 5.10. The number of rotatable bonds is 3. The number of aromatic nitrogens is 2. The zero-order chi connectivity index (χ0) is 16.1. The van der Waals surface area contributed by atoms with Crippen LogP contribution >= 0.6 is 0 Å². The Morgan fingerprint density at radius 2 is 2.32 bits per heavy atom. The monoisotopic (exact) mass is 264 g/mol. The van der Waals surface area contributed by atoms with E-state index >= 15 is 0 Å². The molecule has 100 valence electrons. The number of anilines is 2. The van der Waals surface area contributed by atoms with E-state index in [-0.39, 0.29) is 34.4 Å². The van der Waals surface area contributed by atoms with Crippen molar-refractivity contribution in [3.8, 4) is 0 Å². The van der Waals surface area contributed by atoms with Crippen molar-refractivity contribution in [3.63, 3.8) is 0 Å². The molecule has 2 amide bonds. The minimum Gasteiger partial charge on any atom is -0.397 e. The van der Waals surface area contributed by atoms with E-state index in [1.54, 1.807) is 5.32 Å². The van der Waals surface area contributed by atoms with Gasteiger partial charge in [-0.05, 0) is 24.7 Å². The standard InChI is InChI=1S/C12H15N5O2/c1-14-11(19)9-7(13)4-8(16-17-9)15-10(18)6-5-12(6)2-3-12/h4,6H,2-3,5H2,1H3,(H,14,19)(H3,13,15,16,18)/t6-/m1/s1/i1D3. The molecule has 2 aliphatic rings. The summed E-state index contributed by atoms with van der Waals surface area (Å²) in [4.78, 5) is 23.7. The van der Waals surface area contributed by atoms with Crippen LogP contribution in [0, 0.1) is 11.3 Å². The number of amides is 2. The van der Waals surface area contributed by atoms with Crippen molar-refractivity contribution < 1.29 is 13.7 Å². The summed E-state index contributed by atoms with van der Waals surface area (Å²) in [5, 5.41) is 11.7. The van der Waals surface area contributed by atoms with E-state index in [1.165, 1.54) is 6.07 Å². The van der Waals surface area contributed by atoms with Crippen LogP contribution in [0.3, 0.4) is 0 Å². The van der Waals surface area contributed by atoms with Crippen molar-refractivity contribution in [2.75, 3.05) is 18.0 Å². The molecule has 1 spiro atoms. The summed E-state index contributed by atoms with van der Waals surface area (Å²) in [6.45, 7) is -2.64. The van der Waals surface area contributed by atoms with Gasteiger partial charge < -0.3 is 16.4 Å². The fourth-order valence-corrected chi connectivity index (χ4v) is 2.35. The summed E-state index contributed by atoms with van der Waals surface area (Å²) < 4.78 is 20.9. The lowest BCUT2D eigenvalue weighted by molar-refractivity contribution is -0.117. The molecule has 19 heavy (non-hydrogen) atoms. The first kappa shape index (κ1) is 8.84. The van der Waals surface area contributed by atoms with Crippen LogP contribution in [0.15, 0.2) is 6.07 Å². The molecule has 0 radical (unpaired) electrons. The molecule has 1 aromatic rings. The Balaban J connectivity index is 1.66. The third-order valence-corrected chi connectivity index (χ3v) is 3.80. The number of carbonyl (C=O) groups excluding carboxylic acids is 2. The van der Waals surface area contributed by atoms with E-state index in [4.69, 9.17) is 9.85 Å². The predicted octanol–water partition coefficient (Wildman–Crippen LogP) is 0.157. The minimum atomic E-state index is -2.64. The molecule has 7 nitrogen and oxygen atoms in total. The van der Waals surface area contributed by atoms with Crippen molar-refractivity contribution >= 4 is 23.3 Å². The number of nitrogens with two attached hydrogens (primary N) is 1. The lowest BCUT2D eigenvalue weighted by Crippen LogP contribution is -2.22. The maximum Gasteiger partial charge on any atom is 0.273 e. The second-order valence-electron chi connectivity index (χ2n) is 5.10. The number of nitrogen functional groups attached to an aromatic ring is 1. The SMILES string of the molecule is [2H]C([2H])([2H])NC(=O)c1nnc(NC(=O)[C@H]2CC23CC3)cc1N. The van der Waals surface area contributed by atoms with Gasteiger partial charge in [-0.15, -0.1) is 10.2 Å². The molecular weight excluding hydrogens is 246 g/mol. The van der Waals surface area contributed by atoms with Crippen LogP contribution in [0.4, 0.5) is 11.5 Å². The highest BCUT2D eigenvalue weighted by Crippen LogP contribution is 2.70. The highest BCUT2D eigenvalue weighted by atomic mass is 16.2. The van der Waals surface area contributed by atoms with Gasteiger partial charge in [0, 0.05) is 23.1 Å². The number of nitrogens with zero attached hydrogens (tertiary/aromatic N) is 2. The van der Waals surface area contributed by atoms with Gasteiger partial charge in [-0.2, -0.15) is 0 Å². The molecule has 2 aliphatic carbocycles. The van der Waals surface area contributed by atoms with Crippen molar-refractivity contribution in [2.45, 2.75) is 19.3 Å². The highest BCUT2D eigenvalue weighted by molar-refractivity contribution is 5.98. The quantitative estimate of drug-likeness (QED) is 0.720. The van der Waals surface area contributed by atoms with Crippen LogP contribution in [-0.4, -0.2) is 29.0 Å². The third-order valence-electron chi connectivity index (χ3n) is 3.80. The highest BCUT2D eigenvalue weighted by Gasteiger charge is 2.65. The summed E-state index contributed by atoms with van der Waals surface area (Å²) in [5.41, 5.74) is 5.56. The molecule has 2 fully saturated rings. The van der Waals surface area contributed by atoms with E-state index in [1.807, 2.05) is 0 Å². The smallest absolute Gasteiger partial charge is 0.273 e. The second kappa shape index (κ2) is 3.91. The molecular formula is C12H15N5O2. The number of hydrogen-bond donors (Lipinski definition) is 3. The Labute approximate surface area is 114 Å².